The number of ether oxygens (including phenoxy) is 8. The number of nitrogens with one attached hydrogen (secondary N) is 4. The molecule has 63 heavy (non-hydrogen) atoms. The molecule has 0 aromatic rings. The molecule has 0 spiro atoms. The number of hydrogen-bond acceptors (Lipinski definition) is 23. The van der Waals surface area contributed by atoms with Gasteiger partial charge in [0.05, 0.1) is 38.6 Å². The van der Waals surface area contributed by atoms with Crippen LogP contribution < -0.4 is 21.3 Å². The summed E-state index contributed by atoms with van der Waals surface area (Å²) in [7, 11) is 0. The first-order chi connectivity index (χ1) is 29.7. The Hall–Kier alpha value is -3.17. The highest BCUT2D eigenvalue weighted by Crippen LogP contribution is 2.36. The molecule has 0 aromatic carbocycles. The van der Waals surface area contributed by atoms with Gasteiger partial charge >= 0.3 is 0 Å². The predicted octanol–water partition coefficient (Wildman–Crippen LogP) is -9.20. The molecule has 4 heterocycles. The van der Waals surface area contributed by atoms with E-state index in [1.807, 2.05) is 0 Å². The van der Waals surface area contributed by atoms with Crippen LogP contribution in [0.3, 0.4) is 0 Å². The molecule has 4 fully saturated rings. The SMILES string of the molecule is CC(=O)N[C@H]1[C@H](O[C@H]2[C@H](O[C@@H]3O[C@@H](C)[C@@H](O)[C@@H](O)[C@@H]3O[C@H]3O[C@H](CO)[C@H](O)[C@H](O)[C@H]3NC(C)=O)[C@@H](NC(C)=O)[C@H](O[C@@H](C=O)[C@H](CO)NC(C)=O)O[C@@H]2CO)O[C@H](CO)[C@H](O)[C@@H]1O. The normalized spacial score (nSPS) is 41.7. The van der Waals surface area contributed by atoms with E-state index in [2.05, 4.69) is 21.3 Å². The minimum atomic E-state index is -1.98. The zero-order valence-electron chi connectivity index (χ0n) is 34.9. The summed E-state index contributed by atoms with van der Waals surface area (Å²) in [6.45, 7) is 1.96. The van der Waals surface area contributed by atoms with E-state index in [-0.39, 0.29) is 6.29 Å². The second-order valence-corrected chi connectivity index (χ2v) is 15.5. The maximum Gasteiger partial charge on any atom is 0.217 e. The van der Waals surface area contributed by atoms with Gasteiger partial charge in [-0.3, -0.25) is 19.2 Å². The lowest BCUT2D eigenvalue weighted by atomic mass is 9.93. The van der Waals surface area contributed by atoms with E-state index >= 15 is 0 Å². The number of amides is 4. The smallest absolute Gasteiger partial charge is 0.217 e. The van der Waals surface area contributed by atoms with Crippen LogP contribution in [0, 0.1) is 0 Å². The Morgan fingerprint density at radius 2 is 0.984 bits per heavy atom. The third-order valence-electron chi connectivity index (χ3n) is 10.8. The Labute approximate surface area is 359 Å². The van der Waals surface area contributed by atoms with Crippen LogP contribution in [0.5, 0.6) is 0 Å². The van der Waals surface area contributed by atoms with Crippen molar-refractivity contribution in [2.24, 2.45) is 0 Å². The zero-order valence-corrected chi connectivity index (χ0v) is 34.9. The maximum atomic E-state index is 12.9. The van der Waals surface area contributed by atoms with E-state index in [1.54, 1.807) is 0 Å². The summed E-state index contributed by atoms with van der Waals surface area (Å²) in [5.41, 5.74) is 0. The van der Waals surface area contributed by atoms with Crippen LogP contribution in [0.25, 0.3) is 0 Å². The highest BCUT2D eigenvalue weighted by Gasteiger charge is 2.57. The van der Waals surface area contributed by atoms with Crippen molar-refractivity contribution in [2.75, 3.05) is 26.4 Å². The van der Waals surface area contributed by atoms with Gasteiger partial charge in [0.15, 0.2) is 31.4 Å². The molecule has 0 unspecified atom stereocenters. The molecular formula is C36H60N4O23. The number of rotatable bonds is 18. The summed E-state index contributed by atoms with van der Waals surface area (Å²) in [6.07, 6.45) is -31.6. The summed E-state index contributed by atoms with van der Waals surface area (Å²) < 4.78 is 48.1. The Morgan fingerprint density at radius 1 is 0.540 bits per heavy atom. The van der Waals surface area contributed by atoms with Gasteiger partial charge in [0.2, 0.25) is 23.6 Å². The van der Waals surface area contributed by atoms with Crippen molar-refractivity contribution in [3.63, 3.8) is 0 Å². The standard InChI is InChI=1S/C36H60N4O23/c1-11-24(50)29(55)32(63-34-22(39-14(4)48)28(54)26(52)19(9-44)59-34)36(56-11)62-31-23(40-15(5)49)35(57-17(7-42)16(6-41)37-12(2)46)60-20(10-45)30(31)61-33-21(38-13(3)47)27(53)25(51)18(8-43)58-33/h7,11,16-36,41,43-45,50-55H,6,8-10H2,1-5H3,(H,37,46)(H,38,47)(H,39,48)(H,40,49)/t11-,16-,17-,18+,19+,20+,21+,22+,23+,24+,25-,26-,27+,28+,29+,30+,31+,32-,33-,34+,35+,36-/m0/s1. The first kappa shape index (κ1) is 52.5. The van der Waals surface area contributed by atoms with Crippen LogP contribution in [-0.4, -0.2) is 242 Å². The van der Waals surface area contributed by atoms with Crippen molar-refractivity contribution in [2.45, 2.75) is 169 Å². The lowest BCUT2D eigenvalue weighted by molar-refractivity contribution is -0.384. The lowest BCUT2D eigenvalue weighted by Gasteiger charge is -2.51. The van der Waals surface area contributed by atoms with Crippen molar-refractivity contribution in [3.8, 4) is 0 Å². The molecule has 4 aliphatic heterocycles. The van der Waals surface area contributed by atoms with E-state index < -0.39 is 185 Å². The summed E-state index contributed by atoms with van der Waals surface area (Å²) in [5.74, 6) is -3.00. The quantitative estimate of drug-likeness (QED) is 0.0568. The van der Waals surface area contributed by atoms with Gasteiger partial charge in [0.1, 0.15) is 97.5 Å². The molecule has 362 valence electrons. The van der Waals surface area contributed by atoms with Gasteiger partial charge in [0.25, 0.3) is 0 Å². The van der Waals surface area contributed by atoms with Crippen molar-refractivity contribution in [3.05, 3.63) is 0 Å². The fourth-order valence-corrected chi connectivity index (χ4v) is 7.64. The highest BCUT2D eigenvalue weighted by molar-refractivity contribution is 5.75. The van der Waals surface area contributed by atoms with Crippen LogP contribution >= 0.6 is 0 Å². The molecule has 4 saturated heterocycles. The zero-order chi connectivity index (χ0) is 47.0. The second-order valence-electron chi connectivity index (χ2n) is 15.5. The third-order valence-corrected chi connectivity index (χ3v) is 10.8. The Kier molecular flexibility index (Phi) is 19.4. The van der Waals surface area contributed by atoms with Crippen molar-refractivity contribution >= 4 is 29.9 Å². The Morgan fingerprint density at radius 3 is 1.41 bits per heavy atom. The first-order valence-electron chi connectivity index (χ1n) is 20.0. The maximum absolute atomic E-state index is 12.9. The molecule has 0 bridgehead atoms. The van der Waals surface area contributed by atoms with Crippen LogP contribution in [-0.2, 0) is 61.9 Å². The summed E-state index contributed by atoms with van der Waals surface area (Å²) >= 11 is 0. The van der Waals surface area contributed by atoms with Gasteiger partial charge in [0, 0.05) is 27.7 Å². The summed E-state index contributed by atoms with van der Waals surface area (Å²) in [5, 5.41) is 116. The first-order valence-corrected chi connectivity index (χ1v) is 20.0. The van der Waals surface area contributed by atoms with Crippen LogP contribution in [0.15, 0.2) is 0 Å². The molecule has 4 aliphatic rings. The largest absolute Gasteiger partial charge is 0.394 e. The number of hydrogen-bond donors (Lipinski definition) is 14. The number of aliphatic hydroxyl groups excluding tert-OH is 10. The molecule has 4 rings (SSSR count). The molecule has 4 amide bonds. The molecule has 27 heteroatoms. The molecule has 0 saturated carbocycles. The number of aliphatic hydroxyl groups is 10. The highest BCUT2D eigenvalue weighted by atomic mass is 16.8. The van der Waals surface area contributed by atoms with E-state index in [0.717, 1.165) is 27.7 Å². The molecule has 22 atom stereocenters. The predicted molar refractivity (Wildman–Crippen MR) is 201 cm³/mol. The second kappa shape index (κ2) is 23.3. The van der Waals surface area contributed by atoms with Crippen molar-refractivity contribution in [1.29, 1.82) is 0 Å². The number of carbonyl (C=O) groups excluding carboxylic acids is 5. The van der Waals surface area contributed by atoms with Crippen molar-refractivity contribution < 1.29 is 113 Å². The minimum Gasteiger partial charge on any atom is -0.394 e. The van der Waals surface area contributed by atoms with Gasteiger partial charge in [-0.1, -0.05) is 0 Å². The Bertz CT molecular complexity index is 1540. The van der Waals surface area contributed by atoms with Crippen molar-refractivity contribution in [1.82, 2.24) is 21.3 Å². The average molecular weight is 917 g/mol. The van der Waals surface area contributed by atoms with Gasteiger partial charge in [-0.2, -0.15) is 0 Å². The van der Waals surface area contributed by atoms with Gasteiger partial charge in [-0.25, -0.2) is 0 Å². The fourth-order valence-electron chi connectivity index (χ4n) is 7.64. The van der Waals surface area contributed by atoms with Gasteiger partial charge < -0.3 is 115 Å². The van der Waals surface area contributed by atoms with E-state index in [1.165, 1.54) is 6.92 Å². The van der Waals surface area contributed by atoms with E-state index in [4.69, 9.17) is 37.9 Å². The summed E-state index contributed by atoms with van der Waals surface area (Å²) in [4.78, 5) is 61.8. The van der Waals surface area contributed by atoms with Crippen LogP contribution in [0.4, 0.5) is 0 Å². The van der Waals surface area contributed by atoms with E-state index in [9.17, 15) is 75.0 Å². The third kappa shape index (κ3) is 12.6. The molecule has 27 nitrogen and oxygen atoms in total. The number of aldehydes is 1. The molecule has 0 aromatic heterocycles. The average Bonchev–Trinajstić information content (AvgIpc) is 3.22. The van der Waals surface area contributed by atoms with Gasteiger partial charge in [-0.05, 0) is 6.92 Å². The number of carbonyl (C=O) groups is 5. The topological polar surface area (TPSA) is 410 Å². The lowest BCUT2D eigenvalue weighted by Crippen LogP contribution is -2.71. The molecule has 0 aliphatic carbocycles. The fraction of sp³-hybridized carbons (Fsp3) is 0.861. The van der Waals surface area contributed by atoms with Crippen LogP contribution in [0.2, 0.25) is 0 Å². The monoisotopic (exact) mass is 916 g/mol. The van der Waals surface area contributed by atoms with E-state index in [0.29, 0.717) is 0 Å². The van der Waals surface area contributed by atoms with Crippen LogP contribution in [0.1, 0.15) is 34.6 Å². The molecular weight excluding hydrogens is 856 g/mol. The summed E-state index contributed by atoms with van der Waals surface area (Å²) in [6, 6.07) is -6.32. The van der Waals surface area contributed by atoms with Gasteiger partial charge in [-0.15, -0.1) is 0 Å². The molecule has 0 radical (unpaired) electrons. The minimum absolute atomic E-state index is 0.196. The Balaban J connectivity index is 1.87. The molecule has 14 N–H and O–H groups in total.